The summed E-state index contributed by atoms with van der Waals surface area (Å²) in [6, 6.07) is 7.53. The third-order valence-electron chi connectivity index (χ3n) is 5.11. The van der Waals surface area contributed by atoms with E-state index in [1.54, 1.807) is 24.9 Å². The Bertz CT molecular complexity index is 847. The standard InChI is InChI=1S/C22H30ClN3O5/c1-16(2)19(27)29-15-30-20(28)31-22(21(3,4)5,12-26-14-24-13-25-26)11-10-17-6-8-18(23)9-7-17/h6-9,13-14,16H,10-12,15H2,1-5H3. The third-order valence-corrected chi connectivity index (χ3v) is 5.36. The first kappa shape index (κ1) is 24.7. The molecule has 0 amide bonds. The zero-order valence-corrected chi connectivity index (χ0v) is 19.4. The largest absolute Gasteiger partial charge is 0.511 e. The highest BCUT2D eigenvalue weighted by Crippen LogP contribution is 2.39. The van der Waals surface area contributed by atoms with Crippen LogP contribution in [0.3, 0.4) is 0 Å². The van der Waals surface area contributed by atoms with Gasteiger partial charge in [0.2, 0.25) is 6.79 Å². The van der Waals surface area contributed by atoms with Gasteiger partial charge >= 0.3 is 12.1 Å². The molecular weight excluding hydrogens is 422 g/mol. The van der Waals surface area contributed by atoms with Crippen molar-refractivity contribution in [3.8, 4) is 0 Å². The molecule has 2 aromatic rings. The Morgan fingerprint density at radius 3 is 2.35 bits per heavy atom. The lowest BCUT2D eigenvalue weighted by molar-refractivity contribution is -0.162. The minimum absolute atomic E-state index is 0.283. The van der Waals surface area contributed by atoms with E-state index in [1.807, 2.05) is 45.0 Å². The first-order chi connectivity index (χ1) is 14.5. The van der Waals surface area contributed by atoms with Crippen LogP contribution >= 0.6 is 11.6 Å². The van der Waals surface area contributed by atoms with Gasteiger partial charge in [-0.3, -0.25) is 4.79 Å². The molecule has 0 spiro atoms. The predicted octanol–water partition coefficient (Wildman–Crippen LogP) is 4.66. The number of nitrogens with zero attached hydrogens (tertiary/aromatic N) is 3. The van der Waals surface area contributed by atoms with E-state index in [-0.39, 0.29) is 12.5 Å². The maximum atomic E-state index is 12.5. The van der Waals surface area contributed by atoms with Crippen LogP contribution in [0.5, 0.6) is 0 Å². The van der Waals surface area contributed by atoms with E-state index in [1.165, 1.54) is 6.33 Å². The van der Waals surface area contributed by atoms with Crippen LogP contribution in [-0.4, -0.2) is 39.3 Å². The van der Waals surface area contributed by atoms with Gasteiger partial charge in [0.05, 0.1) is 12.5 Å². The predicted molar refractivity (Wildman–Crippen MR) is 115 cm³/mol. The lowest BCUT2D eigenvalue weighted by Crippen LogP contribution is -2.51. The van der Waals surface area contributed by atoms with Crippen LogP contribution < -0.4 is 0 Å². The zero-order valence-electron chi connectivity index (χ0n) is 18.6. The summed E-state index contributed by atoms with van der Waals surface area (Å²) >= 11 is 5.99. The van der Waals surface area contributed by atoms with Gasteiger partial charge in [0.25, 0.3) is 0 Å². The molecule has 1 heterocycles. The molecule has 31 heavy (non-hydrogen) atoms. The molecule has 9 heteroatoms. The van der Waals surface area contributed by atoms with Crippen LogP contribution in [0.1, 0.15) is 46.6 Å². The molecule has 0 N–H and O–H groups in total. The SMILES string of the molecule is CC(C)C(=O)OCOC(=O)OC(CCc1ccc(Cl)cc1)(Cn1cncn1)C(C)(C)C. The summed E-state index contributed by atoms with van der Waals surface area (Å²) in [6.45, 7) is 9.12. The maximum absolute atomic E-state index is 12.5. The molecule has 0 saturated heterocycles. The Labute approximate surface area is 187 Å². The molecule has 2 rings (SSSR count). The molecule has 1 unspecified atom stereocenters. The quantitative estimate of drug-likeness (QED) is 0.404. The summed E-state index contributed by atoms with van der Waals surface area (Å²) in [6.07, 6.45) is 3.22. The lowest BCUT2D eigenvalue weighted by Gasteiger charge is -2.43. The molecule has 0 saturated carbocycles. The van der Waals surface area contributed by atoms with Gasteiger partial charge in [-0.2, -0.15) is 5.10 Å². The van der Waals surface area contributed by atoms with E-state index < -0.39 is 29.9 Å². The van der Waals surface area contributed by atoms with Crippen LogP contribution in [0.15, 0.2) is 36.9 Å². The Balaban J connectivity index is 2.18. The fourth-order valence-corrected chi connectivity index (χ4v) is 3.12. The van der Waals surface area contributed by atoms with Crippen LogP contribution in [0.4, 0.5) is 4.79 Å². The summed E-state index contributed by atoms with van der Waals surface area (Å²) in [7, 11) is 0. The normalized spacial score (nSPS) is 13.5. The van der Waals surface area contributed by atoms with Crippen molar-refractivity contribution in [1.29, 1.82) is 0 Å². The smallest absolute Gasteiger partial charge is 0.427 e. The molecule has 8 nitrogen and oxygen atoms in total. The molecule has 0 radical (unpaired) electrons. The van der Waals surface area contributed by atoms with E-state index >= 15 is 0 Å². The number of aromatic nitrogens is 3. The van der Waals surface area contributed by atoms with Crippen molar-refractivity contribution >= 4 is 23.7 Å². The molecule has 1 aromatic heterocycles. The van der Waals surface area contributed by atoms with Crippen molar-refractivity contribution in [2.75, 3.05) is 6.79 Å². The monoisotopic (exact) mass is 451 g/mol. The first-order valence-corrected chi connectivity index (χ1v) is 10.5. The van der Waals surface area contributed by atoms with Gasteiger partial charge in [-0.1, -0.05) is 58.4 Å². The van der Waals surface area contributed by atoms with Gasteiger partial charge in [-0.05, 0) is 30.5 Å². The fourth-order valence-electron chi connectivity index (χ4n) is 2.99. The van der Waals surface area contributed by atoms with E-state index in [2.05, 4.69) is 10.1 Å². The van der Waals surface area contributed by atoms with Crippen LogP contribution in [0.2, 0.25) is 5.02 Å². The van der Waals surface area contributed by atoms with Crippen molar-refractivity contribution < 1.29 is 23.8 Å². The molecule has 170 valence electrons. The minimum atomic E-state index is -0.973. The summed E-state index contributed by atoms with van der Waals surface area (Å²) in [5.74, 6) is -0.778. The van der Waals surface area contributed by atoms with Crippen LogP contribution in [0, 0.1) is 11.3 Å². The minimum Gasteiger partial charge on any atom is -0.427 e. The highest BCUT2D eigenvalue weighted by molar-refractivity contribution is 6.30. The molecule has 0 aliphatic heterocycles. The summed E-state index contributed by atoms with van der Waals surface area (Å²) in [5.41, 5.74) is -0.391. The maximum Gasteiger partial charge on any atom is 0.511 e. The Morgan fingerprint density at radius 1 is 1.13 bits per heavy atom. The zero-order chi connectivity index (χ0) is 23.1. The second-order valence-electron chi connectivity index (χ2n) is 8.70. The molecule has 0 aliphatic carbocycles. The Kier molecular flexibility index (Phi) is 8.44. The summed E-state index contributed by atoms with van der Waals surface area (Å²) in [5, 5.41) is 4.84. The number of rotatable bonds is 9. The molecule has 0 aliphatic rings. The van der Waals surface area contributed by atoms with Crippen molar-refractivity contribution in [2.24, 2.45) is 11.3 Å². The molecular formula is C22H30ClN3O5. The number of hydrogen-bond donors (Lipinski definition) is 0. The number of esters is 1. The van der Waals surface area contributed by atoms with Gasteiger partial charge in [-0.15, -0.1) is 0 Å². The number of hydrogen-bond acceptors (Lipinski definition) is 7. The number of carbonyl (C=O) groups is 2. The van der Waals surface area contributed by atoms with E-state index in [0.717, 1.165) is 5.56 Å². The number of benzene rings is 1. The highest BCUT2D eigenvalue weighted by Gasteiger charge is 2.46. The van der Waals surface area contributed by atoms with E-state index in [0.29, 0.717) is 17.9 Å². The first-order valence-electron chi connectivity index (χ1n) is 10.1. The van der Waals surface area contributed by atoms with Crippen molar-refractivity contribution in [2.45, 2.75) is 59.6 Å². The van der Waals surface area contributed by atoms with Crippen LogP contribution in [0.25, 0.3) is 0 Å². The average molecular weight is 452 g/mol. The van der Waals surface area contributed by atoms with Crippen molar-refractivity contribution in [1.82, 2.24) is 14.8 Å². The van der Waals surface area contributed by atoms with E-state index in [4.69, 9.17) is 25.8 Å². The summed E-state index contributed by atoms with van der Waals surface area (Å²) < 4.78 is 17.5. The van der Waals surface area contributed by atoms with Gasteiger partial charge in [-0.25, -0.2) is 14.5 Å². The van der Waals surface area contributed by atoms with Gasteiger partial charge in [0.15, 0.2) is 0 Å². The average Bonchev–Trinajstić information content (AvgIpc) is 3.19. The summed E-state index contributed by atoms with van der Waals surface area (Å²) in [4.78, 5) is 28.1. The lowest BCUT2D eigenvalue weighted by atomic mass is 9.73. The topological polar surface area (TPSA) is 92.5 Å². The van der Waals surface area contributed by atoms with E-state index in [9.17, 15) is 9.59 Å². The molecule has 1 atom stereocenters. The van der Waals surface area contributed by atoms with Crippen molar-refractivity contribution in [3.05, 3.63) is 47.5 Å². The number of halogens is 1. The molecule has 0 bridgehead atoms. The number of ether oxygens (including phenoxy) is 3. The fraction of sp³-hybridized carbons (Fsp3) is 0.545. The number of aryl methyl sites for hydroxylation is 1. The Hall–Kier alpha value is -2.61. The highest BCUT2D eigenvalue weighted by atomic mass is 35.5. The molecule has 1 aromatic carbocycles. The van der Waals surface area contributed by atoms with Crippen molar-refractivity contribution in [3.63, 3.8) is 0 Å². The molecule has 0 fully saturated rings. The van der Waals surface area contributed by atoms with Gasteiger partial charge in [0, 0.05) is 10.4 Å². The second-order valence-corrected chi connectivity index (χ2v) is 9.13. The van der Waals surface area contributed by atoms with Gasteiger partial charge < -0.3 is 14.2 Å². The van der Waals surface area contributed by atoms with Crippen LogP contribution in [-0.2, 0) is 32.0 Å². The second kappa shape index (κ2) is 10.6. The Morgan fingerprint density at radius 2 is 1.81 bits per heavy atom. The number of carbonyl (C=O) groups excluding carboxylic acids is 2. The van der Waals surface area contributed by atoms with Gasteiger partial charge in [0.1, 0.15) is 18.3 Å². The third kappa shape index (κ3) is 7.24.